The number of H-pyrrole nitrogens is 1. The number of aliphatic hydroxyl groups excluding tert-OH is 1. The first-order valence-corrected chi connectivity index (χ1v) is 5.07. The third-order valence-electron chi connectivity index (χ3n) is 2.43. The number of nitrogens with zero attached hydrogens (tertiary/aromatic N) is 1. The van der Waals surface area contributed by atoms with Crippen LogP contribution in [0.4, 0.5) is 4.39 Å². The van der Waals surface area contributed by atoms with Gasteiger partial charge in [0.2, 0.25) is 0 Å². The molecule has 1 aromatic heterocycles. The zero-order valence-corrected chi connectivity index (χ0v) is 8.93. The maximum absolute atomic E-state index is 13.5. The van der Waals surface area contributed by atoms with E-state index in [2.05, 4.69) is 5.10 Å². The number of benzene rings is 1. The standard InChI is InChI=1S/C11H12FN3O2/c12-7-3-1-2-4-10(7)15-11(17)5-9(14-15)8(13)6-16/h1-5,8,14,16H,6,13H2. The molecule has 1 aromatic carbocycles. The zero-order chi connectivity index (χ0) is 12.4. The van der Waals surface area contributed by atoms with Crippen LogP contribution in [0.3, 0.4) is 0 Å². The van der Waals surface area contributed by atoms with Gasteiger partial charge in [0.05, 0.1) is 18.3 Å². The molecule has 90 valence electrons. The van der Waals surface area contributed by atoms with Gasteiger partial charge in [0, 0.05) is 6.07 Å². The zero-order valence-electron chi connectivity index (χ0n) is 8.93. The van der Waals surface area contributed by atoms with Gasteiger partial charge in [0.15, 0.2) is 0 Å². The smallest absolute Gasteiger partial charge is 0.271 e. The van der Waals surface area contributed by atoms with Gasteiger partial charge >= 0.3 is 0 Å². The molecule has 1 atom stereocenters. The van der Waals surface area contributed by atoms with Gasteiger partial charge in [0.25, 0.3) is 5.56 Å². The highest BCUT2D eigenvalue weighted by atomic mass is 19.1. The van der Waals surface area contributed by atoms with Crippen LogP contribution >= 0.6 is 0 Å². The number of rotatable bonds is 3. The lowest BCUT2D eigenvalue weighted by atomic mass is 10.2. The highest BCUT2D eigenvalue weighted by Gasteiger charge is 2.12. The van der Waals surface area contributed by atoms with E-state index in [-0.39, 0.29) is 12.3 Å². The summed E-state index contributed by atoms with van der Waals surface area (Å²) < 4.78 is 14.5. The number of aliphatic hydroxyl groups is 1. The van der Waals surface area contributed by atoms with E-state index in [0.717, 1.165) is 4.68 Å². The second-order valence-corrected chi connectivity index (χ2v) is 3.63. The van der Waals surface area contributed by atoms with E-state index < -0.39 is 17.4 Å². The van der Waals surface area contributed by atoms with Crippen LogP contribution in [0.2, 0.25) is 0 Å². The van der Waals surface area contributed by atoms with Crippen LogP contribution in [-0.2, 0) is 0 Å². The monoisotopic (exact) mass is 237 g/mol. The van der Waals surface area contributed by atoms with Crippen molar-refractivity contribution < 1.29 is 9.50 Å². The Balaban J connectivity index is 2.51. The Kier molecular flexibility index (Phi) is 3.08. The maximum atomic E-state index is 13.5. The highest BCUT2D eigenvalue weighted by Crippen LogP contribution is 2.11. The number of nitrogens with one attached hydrogen (secondary N) is 1. The first-order valence-electron chi connectivity index (χ1n) is 5.07. The summed E-state index contributed by atoms with van der Waals surface area (Å²) in [4.78, 5) is 11.6. The molecular formula is C11H12FN3O2. The molecule has 0 spiro atoms. The van der Waals surface area contributed by atoms with E-state index in [1.807, 2.05) is 0 Å². The molecule has 2 aromatic rings. The van der Waals surface area contributed by atoms with Crippen LogP contribution in [0.1, 0.15) is 11.7 Å². The normalized spacial score (nSPS) is 12.6. The number of aromatic nitrogens is 2. The van der Waals surface area contributed by atoms with Crippen LogP contribution in [0.25, 0.3) is 5.69 Å². The van der Waals surface area contributed by atoms with Crippen molar-refractivity contribution in [2.24, 2.45) is 5.73 Å². The second kappa shape index (κ2) is 4.52. The summed E-state index contributed by atoms with van der Waals surface area (Å²) in [5, 5.41) is 11.6. The summed E-state index contributed by atoms with van der Waals surface area (Å²) in [5.41, 5.74) is 5.62. The minimum absolute atomic E-state index is 0.119. The molecule has 0 aliphatic heterocycles. The number of halogens is 1. The molecule has 0 bridgehead atoms. The molecule has 0 saturated heterocycles. The summed E-state index contributed by atoms with van der Waals surface area (Å²) in [5.74, 6) is -0.513. The molecule has 5 nitrogen and oxygen atoms in total. The molecule has 2 rings (SSSR count). The summed E-state index contributed by atoms with van der Waals surface area (Å²) in [6.07, 6.45) is 0. The minimum atomic E-state index is -0.685. The fourth-order valence-electron chi connectivity index (χ4n) is 1.51. The summed E-state index contributed by atoms with van der Waals surface area (Å²) >= 11 is 0. The minimum Gasteiger partial charge on any atom is -0.394 e. The summed E-state index contributed by atoms with van der Waals surface area (Å²) in [6, 6.07) is 6.45. The van der Waals surface area contributed by atoms with Crippen molar-refractivity contribution in [3.8, 4) is 5.69 Å². The molecule has 4 N–H and O–H groups in total. The van der Waals surface area contributed by atoms with Crippen molar-refractivity contribution in [2.45, 2.75) is 6.04 Å². The van der Waals surface area contributed by atoms with E-state index in [4.69, 9.17) is 10.8 Å². The van der Waals surface area contributed by atoms with Gasteiger partial charge in [0.1, 0.15) is 11.5 Å². The summed E-state index contributed by atoms with van der Waals surface area (Å²) in [6.45, 7) is -0.294. The quantitative estimate of drug-likeness (QED) is 0.717. The van der Waals surface area contributed by atoms with Crippen molar-refractivity contribution in [2.75, 3.05) is 6.61 Å². The van der Waals surface area contributed by atoms with E-state index in [1.165, 1.54) is 24.3 Å². The molecule has 0 aliphatic carbocycles. The number of para-hydroxylation sites is 1. The van der Waals surface area contributed by atoms with Crippen molar-refractivity contribution in [3.63, 3.8) is 0 Å². The van der Waals surface area contributed by atoms with Gasteiger partial charge in [-0.3, -0.25) is 9.89 Å². The molecule has 1 unspecified atom stereocenters. The fourth-order valence-corrected chi connectivity index (χ4v) is 1.51. The topological polar surface area (TPSA) is 84.0 Å². The van der Waals surface area contributed by atoms with Crippen LogP contribution in [0, 0.1) is 5.82 Å². The number of aromatic amines is 1. The van der Waals surface area contributed by atoms with Gasteiger partial charge in [-0.05, 0) is 12.1 Å². The van der Waals surface area contributed by atoms with Gasteiger partial charge < -0.3 is 10.8 Å². The Morgan fingerprint density at radius 1 is 1.47 bits per heavy atom. The maximum Gasteiger partial charge on any atom is 0.271 e. The van der Waals surface area contributed by atoms with Gasteiger partial charge in [-0.1, -0.05) is 12.1 Å². The predicted octanol–water partition coefficient (Wildman–Crippen LogP) is 0.297. The summed E-state index contributed by atoms with van der Waals surface area (Å²) in [7, 11) is 0. The highest BCUT2D eigenvalue weighted by molar-refractivity contribution is 5.32. The SMILES string of the molecule is NC(CO)c1cc(=O)n(-c2ccccc2F)[nH]1. The molecule has 0 radical (unpaired) electrons. The van der Waals surface area contributed by atoms with E-state index >= 15 is 0 Å². The average Bonchev–Trinajstić information content (AvgIpc) is 2.71. The molecule has 0 amide bonds. The molecule has 1 heterocycles. The second-order valence-electron chi connectivity index (χ2n) is 3.63. The molecule has 6 heteroatoms. The van der Waals surface area contributed by atoms with Gasteiger partial charge in [-0.2, -0.15) is 0 Å². The van der Waals surface area contributed by atoms with Crippen LogP contribution < -0.4 is 11.3 Å². The van der Waals surface area contributed by atoms with E-state index in [0.29, 0.717) is 5.69 Å². The molecule has 0 fully saturated rings. The molecule has 17 heavy (non-hydrogen) atoms. The van der Waals surface area contributed by atoms with Crippen molar-refractivity contribution in [1.29, 1.82) is 0 Å². The van der Waals surface area contributed by atoms with Gasteiger partial charge in [-0.15, -0.1) is 0 Å². The first-order chi connectivity index (χ1) is 8.13. The Bertz CT molecular complexity index is 576. The number of nitrogens with two attached hydrogens (primary N) is 1. The molecular weight excluding hydrogens is 225 g/mol. The lowest BCUT2D eigenvalue weighted by Gasteiger charge is -2.06. The fraction of sp³-hybridized carbons (Fsp3) is 0.182. The molecule has 0 saturated carbocycles. The Labute approximate surface area is 96.3 Å². The van der Waals surface area contributed by atoms with Crippen LogP contribution in [0.15, 0.2) is 35.1 Å². The van der Waals surface area contributed by atoms with Gasteiger partial charge in [-0.25, -0.2) is 9.07 Å². The Morgan fingerprint density at radius 3 is 2.82 bits per heavy atom. The largest absolute Gasteiger partial charge is 0.394 e. The van der Waals surface area contributed by atoms with Crippen LogP contribution in [-0.4, -0.2) is 21.5 Å². The Hall–Kier alpha value is -1.92. The van der Waals surface area contributed by atoms with Crippen molar-refractivity contribution >= 4 is 0 Å². The lowest BCUT2D eigenvalue weighted by Crippen LogP contribution is -2.16. The average molecular weight is 237 g/mol. The first kappa shape index (κ1) is 11.6. The number of hydrogen-bond donors (Lipinski definition) is 3. The molecule has 0 aliphatic rings. The van der Waals surface area contributed by atoms with Crippen molar-refractivity contribution in [3.05, 3.63) is 52.2 Å². The number of hydrogen-bond acceptors (Lipinski definition) is 3. The van der Waals surface area contributed by atoms with E-state index in [1.54, 1.807) is 6.07 Å². The third-order valence-corrected chi connectivity index (χ3v) is 2.43. The van der Waals surface area contributed by atoms with Crippen LogP contribution in [0.5, 0.6) is 0 Å². The Morgan fingerprint density at radius 2 is 2.18 bits per heavy atom. The predicted molar refractivity (Wildman–Crippen MR) is 60.4 cm³/mol. The van der Waals surface area contributed by atoms with Crippen molar-refractivity contribution in [1.82, 2.24) is 9.78 Å². The van der Waals surface area contributed by atoms with E-state index in [9.17, 15) is 9.18 Å². The third kappa shape index (κ3) is 2.13. The lowest BCUT2D eigenvalue weighted by molar-refractivity contribution is 0.265.